The molecule has 2 atom stereocenters. The van der Waals surface area contributed by atoms with Gasteiger partial charge >= 0.3 is 5.97 Å². The van der Waals surface area contributed by atoms with Crippen LogP contribution in [0.4, 0.5) is 0 Å². The summed E-state index contributed by atoms with van der Waals surface area (Å²) in [5.41, 5.74) is 2.82. The fourth-order valence-electron chi connectivity index (χ4n) is 4.97. The third-order valence-corrected chi connectivity index (χ3v) is 15.2. The Morgan fingerprint density at radius 2 is 1.72 bits per heavy atom. The van der Waals surface area contributed by atoms with Gasteiger partial charge in [0.2, 0.25) is 9.84 Å². The van der Waals surface area contributed by atoms with Gasteiger partial charge in [-0.2, -0.15) is 0 Å². The van der Waals surface area contributed by atoms with E-state index in [0.29, 0.717) is 61.0 Å². The van der Waals surface area contributed by atoms with Gasteiger partial charge in [0, 0.05) is 30.7 Å². The molecule has 2 aromatic carbocycles. The number of ether oxygens (including phenoxy) is 2. The zero-order valence-electron chi connectivity index (χ0n) is 27.1. The second-order valence-electron chi connectivity index (χ2n) is 13.1. The minimum absolute atomic E-state index is 0.0175. The summed E-state index contributed by atoms with van der Waals surface area (Å²) >= 11 is 0. The highest BCUT2D eigenvalue weighted by Gasteiger charge is 2.39. The average Bonchev–Trinajstić information content (AvgIpc) is 2.97. The van der Waals surface area contributed by atoms with Crippen molar-refractivity contribution in [2.75, 3.05) is 20.3 Å². The molecule has 2 aromatic rings. The Kier molecular flexibility index (Phi) is 12.6. The fourth-order valence-corrected chi connectivity index (χ4v) is 7.70. The van der Waals surface area contributed by atoms with Crippen LogP contribution in [-0.4, -0.2) is 49.1 Å². The Balaban J connectivity index is 1.88. The highest BCUT2D eigenvalue weighted by Crippen LogP contribution is 2.38. The van der Waals surface area contributed by atoms with Crippen molar-refractivity contribution in [2.24, 2.45) is 5.92 Å². The fraction of sp³-hybridized carbons (Fsp3) is 0.559. The lowest BCUT2D eigenvalue weighted by Crippen LogP contribution is -2.47. The largest absolute Gasteiger partial charge is 0.469 e. The van der Waals surface area contributed by atoms with E-state index in [9.17, 15) is 13.2 Å². The first-order valence-electron chi connectivity index (χ1n) is 15.4. The number of benzene rings is 2. The van der Waals surface area contributed by atoms with Gasteiger partial charge in [0.15, 0.2) is 8.32 Å². The second kappa shape index (κ2) is 15.5. The quantitative estimate of drug-likeness (QED) is 0.125. The van der Waals surface area contributed by atoms with Gasteiger partial charge in [-0.25, -0.2) is 8.42 Å². The van der Waals surface area contributed by atoms with E-state index in [1.54, 1.807) is 12.1 Å². The van der Waals surface area contributed by atoms with E-state index in [1.165, 1.54) is 7.11 Å². The van der Waals surface area contributed by atoms with Crippen molar-refractivity contribution in [3.05, 3.63) is 76.3 Å². The summed E-state index contributed by atoms with van der Waals surface area (Å²) in [5, 5.41) is 3.70. The standard InChI is InChI=1S/C34H51NO6SSi/c1-26-15-19-30(20-16-26)42(37,38)31-21-18-29(25-41-43(6,7)34(2,3)4)35-33(31)28(17-22-32(36)39-5)14-11-23-40-24-27-12-9-8-10-13-27/h8-10,12-13,15-16,19-20,28-29,35H,11,14,17-18,21-25H2,1-7H3/t28-,29-/m1/s1. The summed E-state index contributed by atoms with van der Waals surface area (Å²) in [6, 6.07) is 17.0. The van der Waals surface area contributed by atoms with E-state index in [-0.39, 0.29) is 29.4 Å². The van der Waals surface area contributed by atoms with Crippen LogP contribution >= 0.6 is 0 Å². The van der Waals surface area contributed by atoms with Crippen LogP contribution in [0, 0.1) is 12.8 Å². The summed E-state index contributed by atoms with van der Waals surface area (Å²) in [6.45, 7) is 14.6. The molecule has 0 saturated heterocycles. The van der Waals surface area contributed by atoms with Gasteiger partial charge in [0.25, 0.3) is 0 Å². The lowest BCUT2D eigenvalue weighted by molar-refractivity contribution is -0.140. The van der Waals surface area contributed by atoms with E-state index in [1.807, 2.05) is 49.4 Å². The molecule has 0 fully saturated rings. The Morgan fingerprint density at radius 1 is 1.05 bits per heavy atom. The number of carbonyl (C=O) groups is 1. The second-order valence-corrected chi connectivity index (χ2v) is 19.9. The summed E-state index contributed by atoms with van der Waals surface area (Å²) in [6.07, 6.45) is 3.17. The molecule has 0 aliphatic carbocycles. The number of hydrogen-bond donors (Lipinski definition) is 1. The molecule has 3 rings (SSSR count). The SMILES string of the molecule is COC(=O)CC[C@@H](CCCOCc1ccccc1)C1=C(S(=O)(=O)c2ccc(C)cc2)CC[C@H](CO[Si](C)(C)C(C)(C)C)N1. The summed E-state index contributed by atoms with van der Waals surface area (Å²) < 4.78 is 45.6. The van der Waals surface area contributed by atoms with E-state index in [0.717, 1.165) is 17.5 Å². The number of carbonyl (C=O) groups excluding carboxylic acids is 1. The number of sulfone groups is 1. The highest BCUT2D eigenvalue weighted by molar-refractivity contribution is 7.95. The van der Waals surface area contributed by atoms with Crippen molar-refractivity contribution in [3.8, 4) is 0 Å². The van der Waals surface area contributed by atoms with Crippen molar-refractivity contribution in [3.63, 3.8) is 0 Å². The molecule has 1 aliphatic rings. The predicted octanol–water partition coefficient (Wildman–Crippen LogP) is 7.32. The Morgan fingerprint density at radius 3 is 2.35 bits per heavy atom. The van der Waals surface area contributed by atoms with E-state index in [4.69, 9.17) is 13.9 Å². The third-order valence-electron chi connectivity index (χ3n) is 8.77. The Labute approximate surface area is 260 Å². The maximum Gasteiger partial charge on any atom is 0.305 e. The van der Waals surface area contributed by atoms with Crippen LogP contribution in [-0.2, 0) is 35.1 Å². The van der Waals surface area contributed by atoms with Crippen LogP contribution in [0.1, 0.15) is 70.4 Å². The molecule has 0 radical (unpaired) electrons. The van der Waals surface area contributed by atoms with Gasteiger partial charge < -0.3 is 19.2 Å². The maximum absolute atomic E-state index is 14.1. The predicted molar refractivity (Wildman–Crippen MR) is 175 cm³/mol. The first-order chi connectivity index (χ1) is 20.2. The molecule has 0 spiro atoms. The highest BCUT2D eigenvalue weighted by atomic mass is 32.2. The van der Waals surface area contributed by atoms with E-state index in [2.05, 4.69) is 39.2 Å². The van der Waals surface area contributed by atoms with Crippen molar-refractivity contribution < 1.29 is 27.1 Å². The molecular weight excluding hydrogens is 579 g/mol. The molecule has 9 heteroatoms. The number of nitrogens with one attached hydrogen (secondary N) is 1. The van der Waals surface area contributed by atoms with Crippen LogP contribution in [0.3, 0.4) is 0 Å². The zero-order chi connectivity index (χ0) is 31.7. The molecule has 0 saturated carbocycles. The molecule has 0 unspecified atom stereocenters. The maximum atomic E-state index is 14.1. The average molecular weight is 630 g/mol. The van der Waals surface area contributed by atoms with Crippen molar-refractivity contribution in [1.82, 2.24) is 5.32 Å². The molecule has 1 N–H and O–H groups in total. The van der Waals surface area contributed by atoms with E-state index >= 15 is 0 Å². The van der Waals surface area contributed by atoms with Gasteiger partial charge in [-0.1, -0.05) is 68.8 Å². The number of hydrogen-bond acceptors (Lipinski definition) is 7. The van der Waals surface area contributed by atoms with Crippen molar-refractivity contribution in [2.45, 2.75) is 102 Å². The normalized spacial score (nSPS) is 17.0. The van der Waals surface area contributed by atoms with Crippen LogP contribution in [0.2, 0.25) is 18.1 Å². The number of methoxy groups -OCH3 is 1. The summed E-state index contributed by atoms with van der Waals surface area (Å²) in [5.74, 6) is -0.479. The van der Waals surface area contributed by atoms with Gasteiger partial charge in [-0.15, -0.1) is 0 Å². The molecule has 238 valence electrons. The van der Waals surface area contributed by atoms with Crippen LogP contribution < -0.4 is 5.32 Å². The monoisotopic (exact) mass is 629 g/mol. The number of aryl methyl sites for hydroxylation is 1. The van der Waals surface area contributed by atoms with Crippen molar-refractivity contribution in [1.29, 1.82) is 0 Å². The van der Waals surface area contributed by atoms with Crippen molar-refractivity contribution >= 4 is 24.1 Å². The van der Waals surface area contributed by atoms with Crippen LogP contribution in [0.5, 0.6) is 0 Å². The van der Waals surface area contributed by atoms with Gasteiger partial charge in [0.05, 0.1) is 30.1 Å². The number of allylic oxidation sites excluding steroid dienone is 2. The molecule has 0 aromatic heterocycles. The van der Waals surface area contributed by atoms with Gasteiger partial charge in [-0.3, -0.25) is 4.79 Å². The molecule has 1 heterocycles. The summed E-state index contributed by atoms with van der Waals surface area (Å²) in [4.78, 5) is 12.9. The molecule has 43 heavy (non-hydrogen) atoms. The topological polar surface area (TPSA) is 90.9 Å². The Hall–Kier alpha value is -2.46. The molecule has 0 bridgehead atoms. The third kappa shape index (κ3) is 10.0. The first kappa shape index (κ1) is 35.0. The van der Waals surface area contributed by atoms with Crippen LogP contribution in [0.25, 0.3) is 0 Å². The molecule has 0 amide bonds. The molecule has 1 aliphatic heterocycles. The smallest absolute Gasteiger partial charge is 0.305 e. The van der Waals surface area contributed by atoms with Gasteiger partial charge in [-0.05, 0) is 74.9 Å². The lowest BCUT2D eigenvalue weighted by atomic mass is 9.90. The lowest BCUT2D eigenvalue weighted by Gasteiger charge is -2.39. The first-order valence-corrected chi connectivity index (χ1v) is 19.8. The zero-order valence-corrected chi connectivity index (χ0v) is 28.9. The van der Waals surface area contributed by atoms with Crippen LogP contribution in [0.15, 0.2) is 70.1 Å². The minimum atomic E-state index is -3.74. The minimum Gasteiger partial charge on any atom is -0.469 e. The molecule has 7 nitrogen and oxygen atoms in total. The Bertz CT molecular complexity index is 1320. The van der Waals surface area contributed by atoms with E-state index < -0.39 is 18.2 Å². The van der Waals surface area contributed by atoms with Gasteiger partial charge in [0.1, 0.15) is 0 Å². The molecular formula is C34H51NO6SSi. The number of rotatable bonds is 15. The number of esters is 1. The summed E-state index contributed by atoms with van der Waals surface area (Å²) in [7, 11) is -4.35.